The Hall–Kier alpha value is -1.78. The van der Waals surface area contributed by atoms with Gasteiger partial charge >= 0.3 is 0 Å². The maximum Gasteiger partial charge on any atom is 0.221 e. The Morgan fingerprint density at radius 3 is 2.46 bits per heavy atom. The monoisotopic (exact) mass is 368 g/mol. The van der Waals surface area contributed by atoms with Crippen LogP contribution in [0.3, 0.4) is 0 Å². The van der Waals surface area contributed by atoms with Gasteiger partial charge in [-0.2, -0.15) is 0 Å². The van der Waals surface area contributed by atoms with E-state index in [4.69, 9.17) is 0 Å². The topological polar surface area (TPSA) is 32.3 Å². The van der Waals surface area contributed by atoms with Gasteiger partial charge in [-0.3, -0.25) is 9.69 Å². The summed E-state index contributed by atoms with van der Waals surface area (Å²) >= 11 is 1.74. The molecule has 3 rings (SSSR count). The Labute approximate surface area is 161 Å². The van der Waals surface area contributed by atoms with Crippen LogP contribution in [0.1, 0.15) is 36.0 Å². The molecule has 138 valence electrons. The lowest BCUT2D eigenvalue weighted by Crippen LogP contribution is -2.25. The van der Waals surface area contributed by atoms with Crippen molar-refractivity contribution >= 4 is 17.7 Å². The average molecular weight is 369 g/mol. The summed E-state index contributed by atoms with van der Waals surface area (Å²) < 4.78 is 0. The second-order valence-corrected chi connectivity index (χ2v) is 8.11. The summed E-state index contributed by atoms with van der Waals surface area (Å²) in [6, 6.07) is 16.9. The van der Waals surface area contributed by atoms with Gasteiger partial charge in [0.15, 0.2) is 0 Å². The number of nitrogens with zero attached hydrogens (tertiary/aromatic N) is 1. The number of carbonyl (C=O) groups excluding carboxylic acids is 1. The Balaban J connectivity index is 1.43. The minimum atomic E-state index is 0.126. The minimum absolute atomic E-state index is 0.126. The smallest absolute Gasteiger partial charge is 0.221 e. The molecule has 1 N–H and O–H groups in total. The third-order valence-corrected chi connectivity index (χ3v) is 5.82. The fraction of sp³-hybridized carbons (Fsp3) is 0.409. The van der Waals surface area contributed by atoms with Crippen molar-refractivity contribution in [2.75, 3.05) is 18.8 Å². The van der Waals surface area contributed by atoms with E-state index in [2.05, 4.69) is 65.7 Å². The quantitative estimate of drug-likeness (QED) is 0.702. The van der Waals surface area contributed by atoms with Crippen molar-refractivity contribution in [2.24, 2.45) is 0 Å². The highest BCUT2D eigenvalue weighted by atomic mass is 32.2. The van der Waals surface area contributed by atoms with Gasteiger partial charge < -0.3 is 5.32 Å². The van der Waals surface area contributed by atoms with E-state index in [1.807, 2.05) is 0 Å². The van der Waals surface area contributed by atoms with Gasteiger partial charge in [0.05, 0.1) is 0 Å². The van der Waals surface area contributed by atoms with Crippen LogP contribution in [-0.4, -0.2) is 29.6 Å². The Kier molecular flexibility index (Phi) is 7.15. The summed E-state index contributed by atoms with van der Waals surface area (Å²) in [5.41, 5.74) is 3.84. The first kappa shape index (κ1) is 19.0. The highest BCUT2D eigenvalue weighted by molar-refractivity contribution is 7.99. The Bertz CT molecular complexity index is 708. The number of rotatable bonds is 8. The summed E-state index contributed by atoms with van der Waals surface area (Å²) in [5, 5.41) is 3.09. The second-order valence-electron chi connectivity index (χ2n) is 6.94. The van der Waals surface area contributed by atoms with Crippen LogP contribution in [0.4, 0.5) is 0 Å². The van der Waals surface area contributed by atoms with Gasteiger partial charge in [-0.05, 0) is 56.1 Å². The largest absolute Gasteiger partial charge is 0.352 e. The molecule has 26 heavy (non-hydrogen) atoms. The number of amides is 1. The summed E-state index contributed by atoms with van der Waals surface area (Å²) in [6.07, 6.45) is 3.15. The molecule has 4 heteroatoms. The van der Waals surface area contributed by atoms with Crippen molar-refractivity contribution < 1.29 is 4.79 Å². The Morgan fingerprint density at radius 1 is 1.04 bits per heavy atom. The molecule has 0 atom stereocenters. The molecule has 1 heterocycles. The maximum absolute atomic E-state index is 12.2. The molecule has 0 radical (unpaired) electrons. The van der Waals surface area contributed by atoms with Crippen LogP contribution in [0.5, 0.6) is 0 Å². The first-order chi connectivity index (χ1) is 12.7. The molecule has 1 amide bonds. The molecule has 1 saturated heterocycles. The van der Waals surface area contributed by atoms with Crippen molar-refractivity contribution in [2.45, 2.75) is 44.2 Å². The molecule has 3 nitrogen and oxygen atoms in total. The van der Waals surface area contributed by atoms with Crippen molar-refractivity contribution in [1.29, 1.82) is 0 Å². The van der Waals surface area contributed by atoms with Crippen molar-refractivity contribution in [3.8, 4) is 0 Å². The Morgan fingerprint density at radius 2 is 1.73 bits per heavy atom. The number of thioether (sulfide) groups is 1. The number of nitrogens with one attached hydrogen (secondary N) is 1. The summed E-state index contributed by atoms with van der Waals surface area (Å²) in [7, 11) is 0. The number of carbonyl (C=O) groups is 1. The van der Waals surface area contributed by atoms with Gasteiger partial charge in [0.1, 0.15) is 0 Å². The van der Waals surface area contributed by atoms with Crippen LogP contribution in [0.25, 0.3) is 0 Å². The third kappa shape index (κ3) is 5.89. The number of likely N-dealkylation sites (tertiary alicyclic amines) is 1. The third-order valence-electron chi connectivity index (χ3n) is 4.81. The highest BCUT2D eigenvalue weighted by Gasteiger charge is 2.13. The average Bonchev–Trinajstić information content (AvgIpc) is 3.16. The molecule has 1 aliphatic rings. The molecule has 2 aromatic carbocycles. The fourth-order valence-corrected chi connectivity index (χ4v) is 4.10. The predicted molar refractivity (Wildman–Crippen MR) is 109 cm³/mol. The van der Waals surface area contributed by atoms with E-state index in [-0.39, 0.29) is 5.91 Å². The van der Waals surface area contributed by atoms with Crippen LogP contribution in [0, 0.1) is 6.92 Å². The normalized spacial score (nSPS) is 14.5. The standard InChI is InChI=1S/C22H28N2OS/c1-18-8-10-21(11-9-18)26-15-12-22(25)23-16-19-6-2-3-7-20(19)17-24-13-4-5-14-24/h2-3,6-11H,4-5,12-17H2,1H3,(H,23,25). The SMILES string of the molecule is Cc1ccc(SCCC(=O)NCc2ccccc2CN2CCCC2)cc1. The highest BCUT2D eigenvalue weighted by Crippen LogP contribution is 2.19. The van der Waals surface area contributed by atoms with Gasteiger partial charge in [0.2, 0.25) is 5.91 Å². The van der Waals surface area contributed by atoms with Gasteiger partial charge in [0.25, 0.3) is 0 Å². The minimum Gasteiger partial charge on any atom is -0.352 e. The summed E-state index contributed by atoms with van der Waals surface area (Å²) in [6.45, 7) is 6.09. The maximum atomic E-state index is 12.2. The number of hydrogen-bond acceptors (Lipinski definition) is 3. The fourth-order valence-electron chi connectivity index (χ4n) is 3.24. The lowest BCUT2D eigenvalue weighted by molar-refractivity contribution is -0.120. The van der Waals surface area contributed by atoms with E-state index >= 15 is 0 Å². The van der Waals surface area contributed by atoms with E-state index in [0.29, 0.717) is 13.0 Å². The molecule has 2 aromatic rings. The van der Waals surface area contributed by atoms with E-state index in [1.54, 1.807) is 11.8 Å². The molecule has 0 unspecified atom stereocenters. The van der Waals surface area contributed by atoms with Crippen LogP contribution >= 0.6 is 11.8 Å². The zero-order valence-electron chi connectivity index (χ0n) is 15.5. The first-order valence-corrected chi connectivity index (χ1v) is 10.4. The molecule has 1 fully saturated rings. The zero-order chi connectivity index (χ0) is 18.2. The number of aryl methyl sites for hydroxylation is 1. The van der Waals surface area contributed by atoms with Crippen LogP contribution in [0.2, 0.25) is 0 Å². The molecule has 0 saturated carbocycles. The lowest BCUT2D eigenvalue weighted by atomic mass is 10.1. The second kappa shape index (κ2) is 9.79. The van der Waals surface area contributed by atoms with E-state index in [9.17, 15) is 4.79 Å². The zero-order valence-corrected chi connectivity index (χ0v) is 16.4. The molecule has 0 aromatic heterocycles. The summed E-state index contributed by atoms with van der Waals surface area (Å²) in [5.74, 6) is 0.935. The van der Waals surface area contributed by atoms with Crippen LogP contribution in [-0.2, 0) is 17.9 Å². The van der Waals surface area contributed by atoms with Gasteiger partial charge in [-0.25, -0.2) is 0 Å². The van der Waals surface area contributed by atoms with E-state index in [1.165, 1.54) is 47.5 Å². The first-order valence-electron chi connectivity index (χ1n) is 9.46. The van der Waals surface area contributed by atoms with Crippen molar-refractivity contribution in [3.05, 3.63) is 65.2 Å². The molecule has 0 spiro atoms. The van der Waals surface area contributed by atoms with Gasteiger partial charge in [-0.1, -0.05) is 42.0 Å². The lowest BCUT2D eigenvalue weighted by Gasteiger charge is -2.17. The molecular formula is C22H28N2OS. The summed E-state index contributed by atoms with van der Waals surface area (Å²) in [4.78, 5) is 15.9. The molecular weight excluding hydrogens is 340 g/mol. The van der Waals surface area contributed by atoms with Crippen LogP contribution in [0.15, 0.2) is 53.4 Å². The molecule has 0 bridgehead atoms. The molecule has 1 aliphatic heterocycles. The van der Waals surface area contributed by atoms with Gasteiger partial charge in [0, 0.05) is 30.2 Å². The number of hydrogen-bond donors (Lipinski definition) is 1. The predicted octanol–water partition coefficient (Wildman–Crippen LogP) is 4.39. The van der Waals surface area contributed by atoms with Crippen LogP contribution < -0.4 is 5.32 Å². The van der Waals surface area contributed by atoms with Crippen molar-refractivity contribution in [1.82, 2.24) is 10.2 Å². The molecule has 0 aliphatic carbocycles. The van der Waals surface area contributed by atoms with Gasteiger partial charge in [-0.15, -0.1) is 11.8 Å². The van der Waals surface area contributed by atoms with E-state index < -0.39 is 0 Å². The van der Waals surface area contributed by atoms with E-state index in [0.717, 1.165) is 12.3 Å². The number of benzene rings is 2. The van der Waals surface area contributed by atoms with Crippen molar-refractivity contribution in [3.63, 3.8) is 0 Å².